The fraction of sp³-hybridized carbons (Fsp3) is 0.520. The third-order valence-electron chi connectivity index (χ3n) is 8.94. The number of hydrogen-bond acceptors (Lipinski definition) is 1. The molecule has 0 fully saturated rings. The molecular formula is C25H33N3. The summed E-state index contributed by atoms with van der Waals surface area (Å²) in [5, 5.41) is 0. The molecule has 3 heteroatoms. The van der Waals surface area contributed by atoms with Crippen molar-refractivity contribution >= 4 is 16.7 Å². The van der Waals surface area contributed by atoms with Crippen LogP contribution in [0.5, 0.6) is 0 Å². The molecule has 148 valence electrons. The van der Waals surface area contributed by atoms with E-state index in [1.165, 1.54) is 39.1 Å². The molecule has 3 nitrogen and oxygen atoms in total. The first-order chi connectivity index (χ1) is 13.0. The Morgan fingerprint density at radius 1 is 0.964 bits per heavy atom. The van der Waals surface area contributed by atoms with Gasteiger partial charge in [-0.05, 0) is 43.4 Å². The number of aryl methyl sites for hydroxylation is 3. The van der Waals surface area contributed by atoms with Crippen molar-refractivity contribution in [2.24, 2.45) is 19.5 Å². The summed E-state index contributed by atoms with van der Waals surface area (Å²) in [5.74, 6) is 0. The fourth-order valence-corrected chi connectivity index (χ4v) is 6.59. The van der Waals surface area contributed by atoms with E-state index in [0.717, 1.165) is 0 Å². The third-order valence-corrected chi connectivity index (χ3v) is 8.94. The van der Waals surface area contributed by atoms with Crippen LogP contribution in [0, 0.1) is 12.3 Å². The van der Waals surface area contributed by atoms with Crippen molar-refractivity contribution in [3.63, 3.8) is 0 Å². The van der Waals surface area contributed by atoms with Gasteiger partial charge in [-0.25, -0.2) is 0 Å². The quantitative estimate of drug-likeness (QED) is 0.474. The maximum atomic E-state index is 2.75. The van der Waals surface area contributed by atoms with Crippen LogP contribution in [0.3, 0.4) is 0 Å². The maximum Gasteiger partial charge on any atom is 0.0845 e. The number of anilines is 1. The number of hydrogen-bond donors (Lipinski definition) is 0. The van der Waals surface area contributed by atoms with Gasteiger partial charge in [0.15, 0.2) is 0 Å². The van der Waals surface area contributed by atoms with E-state index in [2.05, 4.69) is 107 Å². The van der Waals surface area contributed by atoms with Gasteiger partial charge in [-0.1, -0.05) is 45.9 Å². The van der Waals surface area contributed by atoms with E-state index in [1.807, 2.05) is 0 Å². The van der Waals surface area contributed by atoms with Crippen LogP contribution in [0.15, 0.2) is 30.5 Å². The van der Waals surface area contributed by atoms with Gasteiger partial charge in [-0.15, -0.1) is 0 Å². The minimum atomic E-state index is -0.0852. The zero-order chi connectivity index (χ0) is 20.4. The van der Waals surface area contributed by atoms with Crippen LogP contribution in [0.2, 0.25) is 0 Å². The number of nitrogens with zero attached hydrogens (tertiary/aromatic N) is 3. The largest absolute Gasteiger partial charge is 0.353 e. The Hall–Kier alpha value is -2.16. The zero-order valence-electron chi connectivity index (χ0n) is 18.8. The van der Waals surface area contributed by atoms with Crippen molar-refractivity contribution < 1.29 is 0 Å². The molecule has 0 bridgehead atoms. The topological polar surface area (TPSA) is 13.1 Å². The van der Waals surface area contributed by atoms with Gasteiger partial charge < -0.3 is 14.0 Å². The number of aromatic nitrogens is 2. The van der Waals surface area contributed by atoms with Gasteiger partial charge in [0.1, 0.15) is 0 Å². The molecule has 0 saturated carbocycles. The van der Waals surface area contributed by atoms with Crippen molar-refractivity contribution in [1.29, 1.82) is 0 Å². The van der Waals surface area contributed by atoms with Crippen molar-refractivity contribution in [3.05, 3.63) is 52.8 Å². The second-order valence-corrected chi connectivity index (χ2v) is 10.3. The van der Waals surface area contributed by atoms with E-state index in [4.69, 9.17) is 0 Å². The van der Waals surface area contributed by atoms with Crippen molar-refractivity contribution in [2.75, 3.05) is 4.90 Å². The molecule has 0 amide bonds. The molecular weight excluding hydrogens is 342 g/mol. The summed E-state index contributed by atoms with van der Waals surface area (Å²) in [6.07, 6.45) is 2.20. The number of para-hydroxylation sites is 1. The predicted molar refractivity (Wildman–Crippen MR) is 118 cm³/mol. The van der Waals surface area contributed by atoms with Crippen molar-refractivity contribution in [2.45, 2.75) is 65.5 Å². The van der Waals surface area contributed by atoms with Crippen LogP contribution in [-0.4, -0.2) is 9.13 Å². The monoisotopic (exact) mass is 375 g/mol. The van der Waals surface area contributed by atoms with E-state index in [0.29, 0.717) is 6.04 Å². The molecule has 2 aliphatic heterocycles. The third kappa shape index (κ3) is 1.58. The average Bonchev–Trinajstić information content (AvgIpc) is 3.20. The van der Waals surface area contributed by atoms with Crippen LogP contribution < -0.4 is 4.90 Å². The van der Waals surface area contributed by atoms with Gasteiger partial charge in [-0.2, -0.15) is 0 Å². The van der Waals surface area contributed by atoms with Gasteiger partial charge in [0.25, 0.3) is 0 Å². The van der Waals surface area contributed by atoms with Crippen LogP contribution >= 0.6 is 0 Å². The van der Waals surface area contributed by atoms with Gasteiger partial charge in [0.2, 0.25) is 0 Å². The minimum absolute atomic E-state index is 0.0441. The van der Waals surface area contributed by atoms with Crippen LogP contribution in [-0.2, 0) is 25.0 Å². The lowest BCUT2D eigenvalue weighted by Crippen LogP contribution is -2.62. The fourth-order valence-electron chi connectivity index (χ4n) is 6.59. The molecule has 0 N–H and O–H groups in total. The smallest absolute Gasteiger partial charge is 0.0845 e. The second-order valence-electron chi connectivity index (χ2n) is 10.3. The highest BCUT2D eigenvalue weighted by atomic mass is 15.3. The molecule has 0 spiro atoms. The van der Waals surface area contributed by atoms with E-state index >= 15 is 0 Å². The van der Waals surface area contributed by atoms with Crippen LogP contribution in [0.1, 0.15) is 70.0 Å². The first kappa shape index (κ1) is 17.9. The molecule has 28 heavy (non-hydrogen) atoms. The molecule has 0 saturated heterocycles. The van der Waals surface area contributed by atoms with Gasteiger partial charge in [0.05, 0.1) is 28.3 Å². The first-order valence-electron chi connectivity index (χ1n) is 10.5. The molecule has 2 unspecified atom stereocenters. The number of benzene rings is 1. The molecule has 2 atom stereocenters. The highest BCUT2D eigenvalue weighted by Crippen LogP contribution is 2.68. The number of rotatable bonds is 0. The Labute approximate surface area is 169 Å². The van der Waals surface area contributed by atoms with Crippen molar-refractivity contribution in [3.8, 4) is 0 Å². The van der Waals surface area contributed by atoms with Crippen LogP contribution in [0.4, 0.5) is 5.69 Å². The Morgan fingerprint density at radius 2 is 1.64 bits per heavy atom. The van der Waals surface area contributed by atoms with E-state index in [9.17, 15) is 0 Å². The van der Waals surface area contributed by atoms with E-state index in [-0.39, 0.29) is 16.4 Å². The minimum Gasteiger partial charge on any atom is -0.353 e. The summed E-state index contributed by atoms with van der Waals surface area (Å²) < 4.78 is 4.78. The SMILES string of the molecule is Cc1cccc2c1N1C(C)c3c(n(C)c4ccn(C)c34)C1(C)C(C)(C)C2(C)C. The molecule has 4 heterocycles. The lowest BCUT2D eigenvalue weighted by molar-refractivity contribution is 0.0608. The Bertz CT molecular complexity index is 1140. The average molecular weight is 376 g/mol. The molecule has 0 aliphatic carbocycles. The summed E-state index contributed by atoms with van der Waals surface area (Å²) >= 11 is 0. The molecule has 2 aromatic heterocycles. The molecule has 1 aromatic carbocycles. The molecule has 3 aromatic rings. The normalized spacial score (nSPS) is 27.0. The predicted octanol–water partition coefficient (Wildman–Crippen LogP) is 5.94. The lowest BCUT2D eigenvalue weighted by Gasteiger charge is -2.62. The summed E-state index contributed by atoms with van der Waals surface area (Å²) in [6.45, 7) is 17.0. The Kier molecular flexibility index (Phi) is 3.11. The molecule has 5 rings (SSSR count). The summed E-state index contributed by atoms with van der Waals surface area (Å²) in [5.41, 5.74) is 10.1. The van der Waals surface area contributed by atoms with Gasteiger partial charge in [-0.3, -0.25) is 0 Å². The number of fused-ring (bicyclic) bond motifs is 7. The van der Waals surface area contributed by atoms with Crippen LogP contribution in [0.25, 0.3) is 11.0 Å². The van der Waals surface area contributed by atoms with Gasteiger partial charge >= 0.3 is 0 Å². The Morgan fingerprint density at radius 3 is 2.32 bits per heavy atom. The van der Waals surface area contributed by atoms with Crippen molar-refractivity contribution in [1.82, 2.24) is 9.13 Å². The van der Waals surface area contributed by atoms with Gasteiger partial charge in [0, 0.05) is 37.0 Å². The Balaban J connectivity index is 1.97. The summed E-state index contributed by atoms with van der Waals surface area (Å²) in [6, 6.07) is 9.48. The highest BCUT2D eigenvalue weighted by molar-refractivity contribution is 5.88. The summed E-state index contributed by atoms with van der Waals surface area (Å²) in [7, 11) is 4.45. The molecule has 0 radical (unpaired) electrons. The summed E-state index contributed by atoms with van der Waals surface area (Å²) in [4.78, 5) is 2.75. The standard InChI is InChI=1S/C25H33N3/c1-15-11-10-12-17-20(15)28-16(2)19-21-18(13-14-26(21)8)27(9)22(19)25(28,7)24(5,6)23(17,3)4/h10-14,16H,1-9H3. The maximum absolute atomic E-state index is 2.75. The highest BCUT2D eigenvalue weighted by Gasteiger charge is 2.65. The molecule has 2 aliphatic rings. The zero-order valence-corrected chi connectivity index (χ0v) is 18.8. The second kappa shape index (κ2) is 4.87. The van der Waals surface area contributed by atoms with E-state index in [1.54, 1.807) is 0 Å². The van der Waals surface area contributed by atoms with E-state index < -0.39 is 0 Å². The lowest BCUT2D eigenvalue weighted by atomic mass is 9.52. The first-order valence-corrected chi connectivity index (χ1v) is 10.5.